The molecule has 2 aromatic heterocycles. The molecule has 0 fully saturated rings. The predicted molar refractivity (Wildman–Crippen MR) is 74.5 cm³/mol. The lowest BCUT2D eigenvalue weighted by Gasteiger charge is -2.08. The second kappa shape index (κ2) is 4.84. The van der Waals surface area contributed by atoms with Crippen molar-refractivity contribution in [2.75, 3.05) is 0 Å². The average molecular weight is 255 g/mol. The SMILES string of the molecule is NC(Cc1ccc2ccccc2n1)c1cscn1. The molecule has 0 bridgehead atoms. The van der Waals surface area contributed by atoms with Gasteiger partial charge in [-0.25, -0.2) is 4.98 Å². The van der Waals surface area contributed by atoms with Gasteiger partial charge in [-0.15, -0.1) is 11.3 Å². The first-order valence-corrected chi connectivity index (χ1v) is 6.75. The van der Waals surface area contributed by atoms with Gasteiger partial charge < -0.3 is 5.73 Å². The molecule has 0 aliphatic carbocycles. The van der Waals surface area contributed by atoms with Crippen LogP contribution in [0, 0.1) is 0 Å². The standard InChI is InChI=1S/C14H13N3S/c15-12(14-8-18-9-16-14)7-11-6-5-10-3-1-2-4-13(10)17-11/h1-6,8-9,12H,7,15H2. The van der Waals surface area contributed by atoms with Gasteiger partial charge in [-0.3, -0.25) is 4.98 Å². The van der Waals surface area contributed by atoms with Crippen molar-refractivity contribution in [2.24, 2.45) is 5.73 Å². The van der Waals surface area contributed by atoms with Crippen LogP contribution in [0.3, 0.4) is 0 Å². The summed E-state index contributed by atoms with van der Waals surface area (Å²) in [7, 11) is 0. The lowest BCUT2D eigenvalue weighted by molar-refractivity contribution is 0.690. The Bertz CT molecular complexity index is 649. The van der Waals surface area contributed by atoms with Crippen molar-refractivity contribution in [3.63, 3.8) is 0 Å². The third-order valence-corrected chi connectivity index (χ3v) is 3.52. The fraction of sp³-hybridized carbons (Fsp3) is 0.143. The lowest BCUT2D eigenvalue weighted by Crippen LogP contribution is -2.14. The molecule has 3 rings (SSSR count). The summed E-state index contributed by atoms with van der Waals surface area (Å²) in [5.74, 6) is 0. The summed E-state index contributed by atoms with van der Waals surface area (Å²) in [6.45, 7) is 0. The van der Waals surface area contributed by atoms with Crippen LogP contribution in [0.1, 0.15) is 17.4 Å². The van der Waals surface area contributed by atoms with E-state index in [4.69, 9.17) is 5.73 Å². The van der Waals surface area contributed by atoms with Gasteiger partial charge in [0.15, 0.2) is 0 Å². The first-order valence-electron chi connectivity index (χ1n) is 5.81. The van der Waals surface area contributed by atoms with Crippen LogP contribution in [-0.2, 0) is 6.42 Å². The molecule has 90 valence electrons. The van der Waals surface area contributed by atoms with Crippen molar-refractivity contribution in [3.05, 3.63) is 58.7 Å². The molecule has 4 heteroatoms. The van der Waals surface area contributed by atoms with Gasteiger partial charge >= 0.3 is 0 Å². The Hall–Kier alpha value is -1.78. The van der Waals surface area contributed by atoms with Crippen molar-refractivity contribution in [3.8, 4) is 0 Å². The minimum atomic E-state index is -0.0788. The molecule has 1 aromatic carbocycles. The molecule has 1 unspecified atom stereocenters. The Morgan fingerprint density at radius 1 is 1.17 bits per heavy atom. The van der Waals surface area contributed by atoms with Gasteiger partial charge in [0.1, 0.15) is 0 Å². The molecular formula is C14H13N3S. The van der Waals surface area contributed by atoms with Gasteiger partial charge in [0, 0.05) is 22.9 Å². The van der Waals surface area contributed by atoms with Crippen LogP contribution in [0.15, 0.2) is 47.3 Å². The number of rotatable bonds is 3. The molecule has 0 saturated carbocycles. The van der Waals surface area contributed by atoms with Gasteiger partial charge in [0.25, 0.3) is 0 Å². The maximum atomic E-state index is 6.12. The highest BCUT2D eigenvalue weighted by molar-refractivity contribution is 7.07. The zero-order valence-electron chi connectivity index (χ0n) is 9.78. The second-order valence-electron chi connectivity index (χ2n) is 4.22. The molecule has 0 radical (unpaired) electrons. The molecule has 1 atom stereocenters. The van der Waals surface area contributed by atoms with E-state index in [9.17, 15) is 0 Å². The molecule has 0 saturated heterocycles. The smallest absolute Gasteiger partial charge is 0.0795 e. The zero-order valence-corrected chi connectivity index (χ0v) is 10.6. The minimum absolute atomic E-state index is 0.0788. The van der Waals surface area contributed by atoms with Crippen molar-refractivity contribution >= 4 is 22.2 Å². The quantitative estimate of drug-likeness (QED) is 0.783. The van der Waals surface area contributed by atoms with Crippen LogP contribution in [0.4, 0.5) is 0 Å². The van der Waals surface area contributed by atoms with Crippen molar-refractivity contribution in [1.29, 1.82) is 0 Å². The summed E-state index contributed by atoms with van der Waals surface area (Å²) < 4.78 is 0. The molecule has 3 aromatic rings. The van der Waals surface area contributed by atoms with Crippen molar-refractivity contribution in [1.82, 2.24) is 9.97 Å². The number of pyridine rings is 1. The van der Waals surface area contributed by atoms with Gasteiger partial charge in [-0.1, -0.05) is 24.3 Å². The fourth-order valence-electron chi connectivity index (χ4n) is 1.96. The van der Waals surface area contributed by atoms with Crippen LogP contribution in [0.2, 0.25) is 0 Å². The Morgan fingerprint density at radius 2 is 2.06 bits per heavy atom. The van der Waals surface area contributed by atoms with E-state index in [1.54, 1.807) is 11.3 Å². The van der Waals surface area contributed by atoms with Crippen molar-refractivity contribution < 1.29 is 0 Å². The van der Waals surface area contributed by atoms with E-state index in [0.717, 1.165) is 22.3 Å². The third-order valence-electron chi connectivity index (χ3n) is 2.92. The van der Waals surface area contributed by atoms with E-state index in [0.29, 0.717) is 6.42 Å². The van der Waals surface area contributed by atoms with Crippen LogP contribution in [0.25, 0.3) is 10.9 Å². The summed E-state index contributed by atoms with van der Waals surface area (Å²) in [6, 6.07) is 12.1. The lowest BCUT2D eigenvalue weighted by atomic mass is 10.1. The summed E-state index contributed by atoms with van der Waals surface area (Å²) >= 11 is 1.57. The van der Waals surface area contributed by atoms with Gasteiger partial charge in [-0.05, 0) is 12.1 Å². The Kier molecular flexibility index (Phi) is 3.04. The first-order chi connectivity index (χ1) is 8.83. The Labute approximate surface area is 109 Å². The molecule has 2 N–H and O–H groups in total. The number of hydrogen-bond donors (Lipinski definition) is 1. The summed E-state index contributed by atoms with van der Waals surface area (Å²) in [5, 5.41) is 3.15. The monoisotopic (exact) mass is 255 g/mol. The van der Waals surface area contributed by atoms with E-state index in [1.165, 1.54) is 0 Å². The number of para-hydroxylation sites is 1. The summed E-state index contributed by atoms with van der Waals surface area (Å²) in [4.78, 5) is 8.86. The minimum Gasteiger partial charge on any atom is -0.322 e. The molecule has 3 nitrogen and oxygen atoms in total. The highest BCUT2D eigenvalue weighted by atomic mass is 32.1. The van der Waals surface area contributed by atoms with Gasteiger partial charge in [-0.2, -0.15) is 0 Å². The second-order valence-corrected chi connectivity index (χ2v) is 4.94. The Morgan fingerprint density at radius 3 is 2.89 bits per heavy atom. The molecule has 0 amide bonds. The summed E-state index contributed by atoms with van der Waals surface area (Å²) in [6.07, 6.45) is 0.717. The topological polar surface area (TPSA) is 51.8 Å². The van der Waals surface area contributed by atoms with E-state index in [2.05, 4.69) is 22.1 Å². The normalized spacial score (nSPS) is 12.7. The van der Waals surface area contributed by atoms with Crippen LogP contribution >= 0.6 is 11.3 Å². The molecule has 0 aliphatic heterocycles. The van der Waals surface area contributed by atoms with E-state index in [-0.39, 0.29) is 6.04 Å². The fourth-order valence-corrected chi connectivity index (χ4v) is 2.58. The van der Waals surface area contributed by atoms with Crippen molar-refractivity contribution in [2.45, 2.75) is 12.5 Å². The number of benzene rings is 1. The molecular weight excluding hydrogens is 242 g/mol. The maximum Gasteiger partial charge on any atom is 0.0795 e. The number of hydrogen-bond acceptors (Lipinski definition) is 4. The number of nitrogens with zero attached hydrogens (tertiary/aromatic N) is 2. The van der Waals surface area contributed by atoms with Crippen LogP contribution in [-0.4, -0.2) is 9.97 Å². The molecule has 0 spiro atoms. The predicted octanol–water partition coefficient (Wildman–Crippen LogP) is 2.93. The molecule has 18 heavy (non-hydrogen) atoms. The van der Waals surface area contributed by atoms with Crippen LogP contribution in [0.5, 0.6) is 0 Å². The highest BCUT2D eigenvalue weighted by Gasteiger charge is 2.10. The first kappa shape index (κ1) is 11.3. The largest absolute Gasteiger partial charge is 0.322 e. The third kappa shape index (κ3) is 2.25. The molecule has 2 heterocycles. The van der Waals surface area contributed by atoms with Gasteiger partial charge in [0.2, 0.25) is 0 Å². The summed E-state index contributed by atoms with van der Waals surface area (Å²) in [5.41, 5.74) is 10.9. The molecule has 0 aliphatic rings. The van der Waals surface area contributed by atoms with Gasteiger partial charge in [0.05, 0.1) is 22.8 Å². The zero-order chi connectivity index (χ0) is 12.4. The van der Waals surface area contributed by atoms with E-state index >= 15 is 0 Å². The van der Waals surface area contributed by atoms with E-state index in [1.807, 2.05) is 35.2 Å². The average Bonchev–Trinajstić information content (AvgIpc) is 2.92. The Balaban J connectivity index is 1.86. The number of thiazole rings is 1. The highest BCUT2D eigenvalue weighted by Crippen LogP contribution is 2.17. The number of aromatic nitrogens is 2. The maximum absolute atomic E-state index is 6.12. The number of fused-ring (bicyclic) bond motifs is 1. The van der Waals surface area contributed by atoms with Crippen LogP contribution < -0.4 is 5.73 Å². The number of nitrogens with two attached hydrogens (primary N) is 1. The van der Waals surface area contributed by atoms with E-state index < -0.39 is 0 Å².